The summed E-state index contributed by atoms with van der Waals surface area (Å²) in [5.41, 5.74) is 0.939. The van der Waals surface area contributed by atoms with Crippen molar-refractivity contribution in [3.63, 3.8) is 0 Å². The van der Waals surface area contributed by atoms with Crippen LogP contribution in [0.3, 0.4) is 0 Å². The molecular formula is C23H20FN3O5. The number of ether oxygens (including phenoxy) is 1. The smallest absolute Gasteiger partial charge is 0.311 e. The van der Waals surface area contributed by atoms with Crippen LogP contribution in [-0.2, 0) is 4.79 Å². The molecule has 0 saturated heterocycles. The molecule has 0 aliphatic heterocycles. The fraction of sp³-hybridized carbons (Fsp3) is 0.130. The highest BCUT2D eigenvalue weighted by Gasteiger charge is 2.19. The summed E-state index contributed by atoms with van der Waals surface area (Å²) in [4.78, 5) is 35.4. The molecule has 0 bridgehead atoms. The van der Waals surface area contributed by atoms with Crippen LogP contribution >= 0.6 is 0 Å². The van der Waals surface area contributed by atoms with Crippen molar-refractivity contribution in [2.24, 2.45) is 0 Å². The molecule has 8 nitrogen and oxygen atoms in total. The number of hydrogen-bond donors (Lipinski definition) is 2. The maximum Gasteiger partial charge on any atom is 0.311 e. The molecule has 2 N–H and O–H groups in total. The highest BCUT2D eigenvalue weighted by molar-refractivity contribution is 6.04. The number of carbonyl (C=O) groups excluding carboxylic acids is 2. The van der Waals surface area contributed by atoms with Gasteiger partial charge in [-0.2, -0.15) is 0 Å². The molecule has 0 aromatic heterocycles. The number of nitro groups is 1. The third kappa shape index (κ3) is 5.66. The summed E-state index contributed by atoms with van der Waals surface area (Å²) in [6.45, 7) is 1.23. The van der Waals surface area contributed by atoms with E-state index in [9.17, 15) is 24.1 Å². The molecule has 3 rings (SSSR count). The van der Waals surface area contributed by atoms with Gasteiger partial charge in [0.1, 0.15) is 5.82 Å². The van der Waals surface area contributed by atoms with Gasteiger partial charge in [-0.1, -0.05) is 42.5 Å². The third-order valence-corrected chi connectivity index (χ3v) is 4.57. The lowest BCUT2D eigenvalue weighted by Gasteiger charge is -2.16. The number of para-hydroxylation sites is 1. The van der Waals surface area contributed by atoms with E-state index in [0.717, 1.165) is 23.8 Å². The van der Waals surface area contributed by atoms with Crippen LogP contribution in [0.4, 0.5) is 15.8 Å². The van der Waals surface area contributed by atoms with Crippen molar-refractivity contribution in [2.45, 2.75) is 13.0 Å². The molecule has 0 fully saturated rings. The van der Waals surface area contributed by atoms with Crippen LogP contribution in [0.5, 0.6) is 5.75 Å². The molecule has 3 aromatic carbocycles. The topological polar surface area (TPSA) is 111 Å². The van der Waals surface area contributed by atoms with E-state index >= 15 is 0 Å². The summed E-state index contributed by atoms with van der Waals surface area (Å²) in [6.07, 6.45) is 0. The second-order valence-electron chi connectivity index (χ2n) is 6.86. The maximum absolute atomic E-state index is 13.4. The molecule has 0 aliphatic rings. The Morgan fingerprint density at radius 1 is 1.06 bits per heavy atom. The lowest BCUT2D eigenvalue weighted by Crippen LogP contribution is -2.28. The second kappa shape index (κ2) is 10.2. The lowest BCUT2D eigenvalue weighted by molar-refractivity contribution is -0.385. The predicted molar refractivity (Wildman–Crippen MR) is 116 cm³/mol. The minimum atomic E-state index is -0.736. The van der Waals surface area contributed by atoms with Crippen LogP contribution in [0.15, 0.2) is 72.8 Å². The fourth-order valence-corrected chi connectivity index (χ4v) is 2.97. The van der Waals surface area contributed by atoms with Gasteiger partial charge in [-0.3, -0.25) is 19.7 Å². The molecule has 0 saturated carbocycles. The van der Waals surface area contributed by atoms with E-state index in [1.54, 1.807) is 24.3 Å². The average molecular weight is 437 g/mol. The van der Waals surface area contributed by atoms with Crippen molar-refractivity contribution in [3.8, 4) is 5.75 Å². The average Bonchev–Trinajstić information content (AvgIpc) is 2.78. The monoisotopic (exact) mass is 437 g/mol. The Balaban J connectivity index is 1.67. The molecule has 1 atom stereocenters. The fourth-order valence-electron chi connectivity index (χ4n) is 2.97. The molecule has 164 valence electrons. The van der Waals surface area contributed by atoms with Gasteiger partial charge >= 0.3 is 5.69 Å². The molecule has 0 aliphatic carbocycles. The summed E-state index contributed by atoms with van der Waals surface area (Å²) in [5, 5.41) is 16.5. The zero-order valence-corrected chi connectivity index (χ0v) is 17.1. The summed E-state index contributed by atoms with van der Waals surface area (Å²) >= 11 is 0. The van der Waals surface area contributed by atoms with Crippen LogP contribution in [0.25, 0.3) is 0 Å². The van der Waals surface area contributed by atoms with E-state index in [0.29, 0.717) is 0 Å². The quantitative estimate of drug-likeness (QED) is 0.404. The lowest BCUT2D eigenvalue weighted by atomic mass is 10.1. The van der Waals surface area contributed by atoms with E-state index in [1.165, 1.54) is 0 Å². The van der Waals surface area contributed by atoms with Crippen molar-refractivity contribution in [2.75, 3.05) is 11.9 Å². The van der Waals surface area contributed by atoms with Gasteiger partial charge in [0.15, 0.2) is 6.61 Å². The zero-order chi connectivity index (χ0) is 23.1. The molecule has 3 aromatic rings. The van der Waals surface area contributed by atoms with Gasteiger partial charge in [0, 0.05) is 12.1 Å². The Labute approximate surface area is 183 Å². The zero-order valence-electron chi connectivity index (χ0n) is 17.1. The van der Waals surface area contributed by atoms with Gasteiger partial charge in [-0.05, 0) is 30.7 Å². The number of nitrogens with zero attached hydrogens (tertiary/aromatic N) is 1. The highest BCUT2D eigenvalue weighted by atomic mass is 19.1. The molecule has 0 radical (unpaired) electrons. The Bertz CT molecular complexity index is 1140. The third-order valence-electron chi connectivity index (χ3n) is 4.57. The summed E-state index contributed by atoms with van der Waals surface area (Å²) in [7, 11) is 0. The number of amides is 2. The van der Waals surface area contributed by atoms with Crippen LogP contribution in [0.2, 0.25) is 0 Å². The highest BCUT2D eigenvalue weighted by Crippen LogP contribution is 2.27. The maximum atomic E-state index is 13.4. The molecule has 0 spiro atoms. The van der Waals surface area contributed by atoms with Crippen molar-refractivity contribution < 1.29 is 23.6 Å². The number of hydrogen-bond acceptors (Lipinski definition) is 5. The van der Waals surface area contributed by atoms with E-state index < -0.39 is 28.9 Å². The van der Waals surface area contributed by atoms with Gasteiger partial charge in [0.25, 0.3) is 11.8 Å². The van der Waals surface area contributed by atoms with Crippen molar-refractivity contribution >= 4 is 23.2 Å². The molecule has 2 amide bonds. The number of carbonyl (C=O) groups is 2. The normalized spacial score (nSPS) is 11.3. The first kappa shape index (κ1) is 22.4. The van der Waals surface area contributed by atoms with E-state index in [-0.39, 0.29) is 28.9 Å². The molecule has 0 unspecified atom stereocenters. The van der Waals surface area contributed by atoms with Crippen molar-refractivity contribution in [1.82, 2.24) is 5.32 Å². The standard InChI is InChI=1S/C23H20FN3O5/c1-15(16-7-3-2-4-8-16)25-23(29)18-9-5-6-10-19(18)26-22(28)14-32-21-13-17(24)11-12-20(21)27(30)31/h2-13,15H,14H2,1H3,(H,25,29)(H,26,28)/t15-/m0/s1. The van der Waals surface area contributed by atoms with Crippen LogP contribution in [-0.4, -0.2) is 23.3 Å². The van der Waals surface area contributed by atoms with E-state index in [4.69, 9.17) is 4.74 Å². The summed E-state index contributed by atoms with van der Waals surface area (Å²) in [6, 6.07) is 18.3. The second-order valence-corrected chi connectivity index (χ2v) is 6.86. The SMILES string of the molecule is C[C@H](NC(=O)c1ccccc1NC(=O)COc1cc(F)ccc1[N+](=O)[O-])c1ccccc1. The Morgan fingerprint density at radius 3 is 2.47 bits per heavy atom. The predicted octanol–water partition coefficient (Wildman–Crippen LogP) is 4.24. The summed E-state index contributed by atoms with van der Waals surface area (Å²) in [5.74, 6) is -2.16. The molecule has 32 heavy (non-hydrogen) atoms. The van der Waals surface area contributed by atoms with Crippen LogP contribution in [0, 0.1) is 15.9 Å². The summed E-state index contributed by atoms with van der Waals surface area (Å²) < 4.78 is 18.5. The van der Waals surface area contributed by atoms with E-state index in [1.807, 2.05) is 37.3 Å². The van der Waals surface area contributed by atoms with Gasteiger partial charge in [-0.25, -0.2) is 4.39 Å². The molecular weight excluding hydrogens is 417 g/mol. The Hall–Kier alpha value is -4.27. The van der Waals surface area contributed by atoms with Gasteiger partial charge < -0.3 is 15.4 Å². The Morgan fingerprint density at radius 2 is 1.75 bits per heavy atom. The minimum Gasteiger partial charge on any atom is -0.477 e. The Kier molecular flexibility index (Phi) is 7.12. The number of anilines is 1. The van der Waals surface area contributed by atoms with Gasteiger partial charge in [0.2, 0.25) is 5.75 Å². The van der Waals surface area contributed by atoms with Gasteiger partial charge in [0.05, 0.1) is 22.2 Å². The van der Waals surface area contributed by atoms with Crippen molar-refractivity contribution in [1.29, 1.82) is 0 Å². The van der Waals surface area contributed by atoms with Crippen LogP contribution < -0.4 is 15.4 Å². The first-order valence-corrected chi connectivity index (χ1v) is 9.66. The minimum absolute atomic E-state index is 0.236. The first-order chi connectivity index (χ1) is 15.3. The largest absolute Gasteiger partial charge is 0.477 e. The molecule has 0 heterocycles. The van der Waals surface area contributed by atoms with Crippen LogP contribution in [0.1, 0.15) is 28.9 Å². The van der Waals surface area contributed by atoms with Crippen molar-refractivity contribution in [3.05, 3.63) is 99.9 Å². The van der Waals surface area contributed by atoms with Gasteiger partial charge in [-0.15, -0.1) is 0 Å². The number of nitro benzene ring substituents is 1. The number of rotatable bonds is 8. The molecule has 9 heteroatoms. The number of benzene rings is 3. The van der Waals surface area contributed by atoms with E-state index in [2.05, 4.69) is 10.6 Å². The first-order valence-electron chi connectivity index (χ1n) is 9.66. The number of nitrogens with one attached hydrogen (secondary N) is 2. The number of halogens is 1.